The number of rotatable bonds is 5. The van der Waals surface area contributed by atoms with Crippen molar-refractivity contribution in [1.29, 1.82) is 0 Å². The number of hydrogen-bond acceptors (Lipinski definition) is 5. The summed E-state index contributed by atoms with van der Waals surface area (Å²) < 4.78 is 29.3. The number of nitrogens with one attached hydrogen (secondary N) is 1. The van der Waals surface area contributed by atoms with Gasteiger partial charge in [0, 0.05) is 31.2 Å². The highest BCUT2D eigenvalue weighted by atomic mass is 32.2. The van der Waals surface area contributed by atoms with Gasteiger partial charge in [-0.2, -0.15) is 4.31 Å². The van der Waals surface area contributed by atoms with E-state index in [9.17, 15) is 8.42 Å². The van der Waals surface area contributed by atoms with Gasteiger partial charge in [0.05, 0.1) is 0 Å². The van der Waals surface area contributed by atoms with Gasteiger partial charge in [-0.15, -0.1) is 11.3 Å². The molecule has 0 saturated carbocycles. The first kappa shape index (κ1) is 14.8. The number of fused-ring (bicyclic) bond motifs is 1. The Hall–Kier alpha value is -1.12. The van der Waals surface area contributed by atoms with Gasteiger partial charge in [0.25, 0.3) is 10.0 Å². The Labute approximate surface area is 128 Å². The lowest BCUT2D eigenvalue weighted by molar-refractivity contribution is 0.450. The van der Waals surface area contributed by atoms with Crippen LogP contribution in [0.2, 0.25) is 0 Å². The summed E-state index contributed by atoms with van der Waals surface area (Å²) >= 11 is 1.44. The van der Waals surface area contributed by atoms with E-state index in [4.69, 9.17) is 0 Å². The first-order chi connectivity index (χ1) is 10.1. The lowest BCUT2D eigenvalue weighted by Crippen LogP contribution is -2.30. The molecule has 1 aliphatic heterocycles. The summed E-state index contributed by atoms with van der Waals surface area (Å²) in [5.74, 6) is 0.928. The zero-order chi connectivity index (χ0) is 15.0. The monoisotopic (exact) mass is 328 g/mol. The summed E-state index contributed by atoms with van der Waals surface area (Å²) in [6, 6.07) is 0. The Morgan fingerprint density at radius 1 is 1.48 bits per heavy atom. The molecule has 0 aliphatic carbocycles. The molecule has 3 heterocycles. The number of sulfonamides is 1. The molecule has 116 valence electrons. The highest BCUT2D eigenvalue weighted by Gasteiger charge is 2.36. The molecular formula is C13H20N4O2S2. The zero-order valence-corrected chi connectivity index (χ0v) is 13.9. The molecule has 2 aromatic heterocycles. The lowest BCUT2D eigenvalue weighted by Gasteiger charge is -2.16. The van der Waals surface area contributed by atoms with Crippen molar-refractivity contribution in [3.8, 4) is 0 Å². The SMILES string of the molecule is CCNc1nc2sccn2c1S(=O)(=O)N1CCC(CC)C1. The fourth-order valence-electron chi connectivity index (χ4n) is 2.77. The molecule has 2 aromatic rings. The van der Waals surface area contributed by atoms with Crippen molar-refractivity contribution in [2.75, 3.05) is 25.0 Å². The number of hydrogen-bond donors (Lipinski definition) is 1. The Balaban J connectivity index is 2.05. The van der Waals surface area contributed by atoms with Crippen LogP contribution in [0.4, 0.5) is 5.82 Å². The van der Waals surface area contributed by atoms with E-state index in [1.54, 1.807) is 14.9 Å². The van der Waals surface area contributed by atoms with Crippen LogP contribution in [0.15, 0.2) is 16.6 Å². The van der Waals surface area contributed by atoms with Crippen LogP contribution >= 0.6 is 11.3 Å². The Bertz CT molecular complexity index is 735. The Morgan fingerprint density at radius 3 is 2.95 bits per heavy atom. The van der Waals surface area contributed by atoms with Crippen LogP contribution in [0, 0.1) is 5.92 Å². The van der Waals surface area contributed by atoms with E-state index in [1.165, 1.54) is 11.3 Å². The average Bonchev–Trinajstić information content (AvgIpc) is 3.13. The molecule has 1 atom stereocenters. The van der Waals surface area contributed by atoms with Gasteiger partial charge in [-0.05, 0) is 19.3 Å². The van der Waals surface area contributed by atoms with Crippen molar-refractivity contribution in [2.24, 2.45) is 5.92 Å². The van der Waals surface area contributed by atoms with E-state index in [0.29, 0.717) is 36.3 Å². The maximum absolute atomic E-state index is 13.0. The minimum Gasteiger partial charge on any atom is -0.368 e. The van der Waals surface area contributed by atoms with Crippen LogP contribution < -0.4 is 5.32 Å². The molecular weight excluding hydrogens is 308 g/mol. The second kappa shape index (κ2) is 5.58. The third-order valence-corrected chi connectivity index (χ3v) is 6.62. The predicted octanol–water partition coefficient (Wildman–Crippen LogP) is 2.25. The summed E-state index contributed by atoms with van der Waals surface area (Å²) in [6.45, 7) is 5.91. The molecule has 0 aromatic carbocycles. The molecule has 0 bridgehead atoms. The minimum absolute atomic E-state index is 0.275. The molecule has 1 fully saturated rings. The lowest BCUT2D eigenvalue weighted by atomic mass is 10.1. The van der Waals surface area contributed by atoms with Crippen LogP contribution in [0.25, 0.3) is 4.96 Å². The standard InChI is InChI=1S/C13H20N4O2S2/c1-3-10-5-6-16(9-10)21(18,19)12-11(14-4-2)15-13-17(12)7-8-20-13/h7-8,10,14H,3-6,9H2,1-2H3. The van der Waals surface area contributed by atoms with Crippen LogP contribution in [0.1, 0.15) is 26.7 Å². The zero-order valence-electron chi connectivity index (χ0n) is 12.2. The van der Waals surface area contributed by atoms with Gasteiger partial charge in [-0.3, -0.25) is 4.40 Å². The largest absolute Gasteiger partial charge is 0.368 e. The van der Waals surface area contributed by atoms with Crippen LogP contribution in [-0.2, 0) is 10.0 Å². The molecule has 1 aliphatic rings. The van der Waals surface area contributed by atoms with Crippen LogP contribution in [-0.4, -0.2) is 41.7 Å². The van der Waals surface area contributed by atoms with Gasteiger partial charge < -0.3 is 5.32 Å². The molecule has 8 heteroatoms. The topological polar surface area (TPSA) is 66.7 Å². The molecule has 0 amide bonds. The summed E-state index contributed by atoms with van der Waals surface area (Å²) in [7, 11) is -3.51. The van der Waals surface area contributed by atoms with Crippen molar-refractivity contribution in [3.63, 3.8) is 0 Å². The molecule has 1 saturated heterocycles. The van der Waals surface area contributed by atoms with Gasteiger partial charge in [-0.1, -0.05) is 13.3 Å². The third kappa shape index (κ3) is 2.45. The van der Waals surface area contributed by atoms with E-state index in [2.05, 4.69) is 17.2 Å². The summed E-state index contributed by atoms with van der Waals surface area (Å²) in [6.07, 6.45) is 3.73. The highest BCUT2D eigenvalue weighted by molar-refractivity contribution is 7.89. The maximum Gasteiger partial charge on any atom is 0.262 e. The number of nitrogens with zero attached hydrogens (tertiary/aromatic N) is 3. The fraction of sp³-hybridized carbons (Fsp3) is 0.615. The van der Waals surface area contributed by atoms with Gasteiger partial charge in [-0.25, -0.2) is 13.4 Å². The smallest absolute Gasteiger partial charge is 0.262 e. The van der Waals surface area contributed by atoms with E-state index in [1.807, 2.05) is 12.3 Å². The number of thiazole rings is 1. The fourth-order valence-corrected chi connectivity index (χ4v) is 5.29. The third-order valence-electron chi connectivity index (χ3n) is 3.97. The Kier molecular flexibility index (Phi) is 3.94. The second-order valence-electron chi connectivity index (χ2n) is 5.28. The van der Waals surface area contributed by atoms with Gasteiger partial charge in [0.1, 0.15) is 0 Å². The van der Waals surface area contributed by atoms with E-state index in [-0.39, 0.29) is 5.03 Å². The second-order valence-corrected chi connectivity index (χ2v) is 8.00. The van der Waals surface area contributed by atoms with Crippen LogP contribution in [0.3, 0.4) is 0 Å². The number of anilines is 1. The van der Waals surface area contributed by atoms with E-state index < -0.39 is 10.0 Å². The molecule has 21 heavy (non-hydrogen) atoms. The van der Waals surface area contributed by atoms with Crippen LogP contribution in [0.5, 0.6) is 0 Å². The maximum atomic E-state index is 13.0. The quantitative estimate of drug-likeness (QED) is 0.914. The van der Waals surface area contributed by atoms with Gasteiger partial charge in [0.15, 0.2) is 15.8 Å². The summed E-state index contributed by atoms with van der Waals surface area (Å²) in [5, 5.41) is 5.21. The van der Waals surface area contributed by atoms with Crippen molar-refractivity contribution in [2.45, 2.75) is 31.7 Å². The van der Waals surface area contributed by atoms with Crippen molar-refractivity contribution < 1.29 is 8.42 Å². The molecule has 3 rings (SSSR count). The normalized spacial score (nSPS) is 20.4. The van der Waals surface area contributed by atoms with Crippen molar-refractivity contribution in [1.82, 2.24) is 13.7 Å². The van der Waals surface area contributed by atoms with Crippen molar-refractivity contribution in [3.05, 3.63) is 11.6 Å². The van der Waals surface area contributed by atoms with Gasteiger partial charge >= 0.3 is 0 Å². The molecule has 0 spiro atoms. The molecule has 6 nitrogen and oxygen atoms in total. The Morgan fingerprint density at radius 2 is 2.29 bits per heavy atom. The van der Waals surface area contributed by atoms with Gasteiger partial charge in [0.2, 0.25) is 0 Å². The average molecular weight is 328 g/mol. The molecule has 1 unspecified atom stereocenters. The molecule has 1 N–H and O–H groups in total. The van der Waals surface area contributed by atoms with E-state index in [0.717, 1.165) is 12.8 Å². The number of aromatic nitrogens is 2. The first-order valence-corrected chi connectivity index (χ1v) is 9.59. The number of imidazole rings is 1. The van der Waals surface area contributed by atoms with E-state index >= 15 is 0 Å². The predicted molar refractivity (Wildman–Crippen MR) is 84.4 cm³/mol. The summed E-state index contributed by atoms with van der Waals surface area (Å²) in [5.41, 5.74) is 0. The first-order valence-electron chi connectivity index (χ1n) is 7.27. The van der Waals surface area contributed by atoms with Crippen molar-refractivity contribution >= 4 is 32.1 Å². The minimum atomic E-state index is -3.51. The molecule has 0 radical (unpaired) electrons. The summed E-state index contributed by atoms with van der Waals surface area (Å²) in [4.78, 5) is 5.11. The highest BCUT2D eigenvalue weighted by Crippen LogP contribution is 2.31.